The van der Waals surface area contributed by atoms with Gasteiger partial charge in [-0.3, -0.25) is 23.4 Å². The summed E-state index contributed by atoms with van der Waals surface area (Å²) in [5, 5.41) is 59.2. The van der Waals surface area contributed by atoms with Crippen LogP contribution in [0.3, 0.4) is 0 Å². The Hall–Kier alpha value is -1.91. The van der Waals surface area contributed by atoms with Crippen LogP contribution in [0.15, 0.2) is 11.1 Å². The number of fused-ring (bicyclic) bond motifs is 1. The summed E-state index contributed by atoms with van der Waals surface area (Å²) in [5.74, 6) is -0.278. The van der Waals surface area contributed by atoms with Crippen molar-refractivity contribution in [1.82, 2.24) is 19.5 Å². The number of aromatic nitrogens is 4. The van der Waals surface area contributed by atoms with Gasteiger partial charge in [-0.05, 0) is 0 Å². The van der Waals surface area contributed by atoms with Crippen LogP contribution >= 0.6 is 15.6 Å². The Bertz CT molecular complexity index is 1340. The van der Waals surface area contributed by atoms with E-state index in [0.29, 0.717) is 0 Å². The number of anilines is 1. The molecule has 2 saturated heterocycles. The summed E-state index contributed by atoms with van der Waals surface area (Å²) < 4.78 is 49.1. The molecule has 0 radical (unpaired) electrons. The third-order valence-electron chi connectivity index (χ3n) is 5.76. The average Bonchev–Trinajstić information content (AvgIpc) is 3.38. The van der Waals surface area contributed by atoms with E-state index in [-0.39, 0.29) is 17.1 Å². The van der Waals surface area contributed by atoms with Crippen LogP contribution in [-0.2, 0) is 32.0 Å². The number of nitrogens with one attached hydrogen (secondary N) is 1. The molecular formula is C16H25N5O16P2. The maximum absolute atomic E-state index is 12.3. The molecule has 0 bridgehead atoms. The number of rotatable bonds is 9. The first kappa shape index (κ1) is 30.1. The van der Waals surface area contributed by atoms with Gasteiger partial charge in [-0.1, -0.05) is 0 Å². The van der Waals surface area contributed by atoms with Crippen molar-refractivity contribution in [2.24, 2.45) is 0 Å². The number of nitrogen functional groups attached to an aromatic ring is 1. The van der Waals surface area contributed by atoms with Crippen molar-refractivity contribution >= 4 is 32.8 Å². The van der Waals surface area contributed by atoms with Gasteiger partial charge < -0.3 is 55.6 Å². The summed E-state index contributed by atoms with van der Waals surface area (Å²) in [6.45, 7) is -1.89. The number of H-pyrrole nitrogens is 1. The third-order valence-corrected chi connectivity index (χ3v) is 8.36. The van der Waals surface area contributed by atoms with E-state index in [4.69, 9.17) is 20.3 Å². The summed E-state index contributed by atoms with van der Waals surface area (Å²) >= 11 is 0. The van der Waals surface area contributed by atoms with Crippen molar-refractivity contribution in [2.45, 2.75) is 55.2 Å². The zero-order chi connectivity index (χ0) is 28.9. The lowest BCUT2D eigenvalue weighted by Gasteiger charge is -2.39. The maximum Gasteiger partial charge on any atom is 0.483 e. The predicted molar refractivity (Wildman–Crippen MR) is 120 cm³/mol. The van der Waals surface area contributed by atoms with E-state index in [1.165, 1.54) is 0 Å². The van der Waals surface area contributed by atoms with Gasteiger partial charge in [-0.15, -0.1) is 0 Å². The van der Waals surface area contributed by atoms with Crippen LogP contribution < -0.4 is 11.3 Å². The fourth-order valence-electron chi connectivity index (χ4n) is 3.85. The zero-order valence-corrected chi connectivity index (χ0v) is 21.1. The first-order chi connectivity index (χ1) is 18.1. The highest BCUT2D eigenvalue weighted by Crippen LogP contribution is 2.61. The van der Waals surface area contributed by atoms with Crippen molar-refractivity contribution in [1.29, 1.82) is 0 Å². The first-order valence-electron chi connectivity index (χ1n) is 10.9. The molecule has 2 fully saturated rings. The van der Waals surface area contributed by atoms with Crippen LogP contribution in [0, 0.1) is 0 Å². The molecule has 0 amide bonds. The second-order valence-corrected chi connectivity index (χ2v) is 11.4. The second-order valence-electron chi connectivity index (χ2n) is 8.44. The highest BCUT2D eigenvalue weighted by atomic mass is 31.3. The fourth-order valence-corrected chi connectivity index (χ4v) is 6.01. The van der Waals surface area contributed by atoms with Crippen LogP contribution in [0.4, 0.5) is 5.95 Å². The largest absolute Gasteiger partial charge is 0.483 e. The van der Waals surface area contributed by atoms with Crippen LogP contribution in [-0.4, -0.2) is 122 Å². The molecule has 21 nitrogen and oxygen atoms in total. The molecule has 2 aliphatic heterocycles. The summed E-state index contributed by atoms with van der Waals surface area (Å²) in [6.07, 6.45) is -15.0. The van der Waals surface area contributed by atoms with E-state index in [2.05, 4.69) is 28.3 Å². The molecule has 0 aromatic carbocycles. The number of aliphatic hydroxyl groups is 6. The summed E-state index contributed by atoms with van der Waals surface area (Å²) in [7, 11) is -11.1. The number of nitrogens with two attached hydrogens (primary N) is 1. The fraction of sp³-hybridized carbons (Fsp3) is 0.688. The van der Waals surface area contributed by atoms with E-state index in [0.717, 1.165) is 10.9 Å². The number of ether oxygens (including phenoxy) is 2. The lowest BCUT2D eigenvalue weighted by atomic mass is 10.00. The molecule has 23 heteroatoms. The molecular weight excluding hydrogens is 580 g/mol. The highest BCUT2D eigenvalue weighted by molar-refractivity contribution is 7.61. The van der Waals surface area contributed by atoms with Gasteiger partial charge in [0.15, 0.2) is 23.7 Å². The topological polar surface area (TPSA) is 332 Å². The number of imidazole rings is 1. The predicted octanol–water partition coefficient (Wildman–Crippen LogP) is -4.63. The summed E-state index contributed by atoms with van der Waals surface area (Å²) in [4.78, 5) is 41.7. The molecule has 0 aliphatic carbocycles. The Kier molecular flexibility index (Phi) is 8.60. The van der Waals surface area contributed by atoms with Crippen LogP contribution in [0.5, 0.6) is 0 Å². The molecule has 11 atom stereocenters. The molecule has 0 saturated carbocycles. The SMILES string of the molecule is Nc1nc2c(ncn2[C@@H]2O[C@H](COP(=O)(O)OP(=O)(O)OC3O[C@@H](CO)[C@@H](O)[C@@H](O)[C@@H]3O)[C@@H](O)[C@H]2O)c(=O)[nH]1. The number of phosphoric ester groups is 2. The molecule has 2 aromatic rings. The van der Waals surface area contributed by atoms with Gasteiger partial charge in [0.05, 0.1) is 19.5 Å². The van der Waals surface area contributed by atoms with Crippen molar-refractivity contribution in [3.8, 4) is 0 Å². The van der Waals surface area contributed by atoms with E-state index in [1.54, 1.807) is 0 Å². The van der Waals surface area contributed by atoms with Crippen molar-refractivity contribution in [3.05, 3.63) is 16.7 Å². The third kappa shape index (κ3) is 6.22. The van der Waals surface area contributed by atoms with Gasteiger partial charge >= 0.3 is 15.6 Å². The molecule has 2 aromatic heterocycles. The molecule has 0 spiro atoms. The number of hydrogen-bond donors (Lipinski definition) is 10. The minimum absolute atomic E-state index is 0.114. The highest BCUT2D eigenvalue weighted by Gasteiger charge is 2.49. The van der Waals surface area contributed by atoms with Gasteiger partial charge in [0.25, 0.3) is 5.56 Å². The Morgan fingerprint density at radius 3 is 2.33 bits per heavy atom. The lowest BCUT2D eigenvalue weighted by Crippen LogP contribution is -2.58. The molecule has 2 aliphatic rings. The Labute approximate surface area is 216 Å². The van der Waals surface area contributed by atoms with Gasteiger partial charge in [-0.2, -0.15) is 9.29 Å². The molecule has 4 rings (SSSR count). The standard InChI is InChI=1S/C16H25N5O16P2/c17-16-19-12-6(13(28)20-16)18-3-21(12)14-10(26)8(24)5(34-14)2-33-38(29,30)37-39(31,32)36-15-11(27)9(25)7(23)4(1-22)35-15/h3-5,7-11,14-15,22-27H,1-2H2,(H,29,30)(H,31,32)(H3,17,19,20,28)/t4-,5+,7+,8+,9+,10+,11-,14+,15?/m0/s1. The van der Waals surface area contributed by atoms with Gasteiger partial charge in [-0.25, -0.2) is 14.1 Å². The normalized spacial score (nSPS) is 36.6. The first-order valence-corrected chi connectivity index (χ1v) is 13.9. The molecule has 220 valence electrons. The Balaban J connectivity index is 1.39. The van der Waals surface area contributed by atoms with E-state index >= 15 is 0 Å². The van der Waals surface area contributed by atoms with Crippen molar-refractivity contribution < 1.29 is 72.4 Å². The second kappa shape index (κ2) is 11.2. The molecule has 39 heavy (non-hydrogen) atoms. The molecule has 11 N–H and O–H groups in total. The smallest absolute Gasteiger partial charge is 0.394 e. The van der Waals surface area contributed by atoms with Crippen LogP contribution in [0.1, 0.15) is 6.23 Å². The summed E-state index contributed by atoms with van der Waals surface area (Å²) in [5.41, 5.74) is 4.54. The summed E-state index contributed by atoms with van der Waals surface area (Å²) in [6, 6.07) is 0. The van der Waals surface area contributed by atoms with Crippen molar-refractivity contribution in [2.75, 3.05) is 18.9 Å². The van der Waals surface area contributed by atoms with E-state index in [9.17, 15) is 49.2 Å². The zero-order valence-electron chi connectivity index (χ0n) is 19.3. The minimum atomic E-state index is -5.60. The van der Waals surface area contributed by atoms with Crippen molar-refractivity contribution in [3.63, 3.8) is 0 Å². The van der Waals surface area contributed by atoms with Gasteiger partial charge in [0.2, 0.25) is 5.95 Å². The number of phosphoric acid groups is 2. The lowest BCUT2D eigenvalue weighted by molar-refractivity contribution is -0.280. The van der Waals surface area contributed by atoms with Crippen LogP contribution in [0.25, 0.3) is 11.2 Å². The number of aromatic amines is 1. The van der Waals surface area contributed by atoms with E-state index in [1.807, 2.05) is 0 Å². The number of aliphatic hydroxyl groups excluding tert-OH is 6. The minimum Gasteiger partial charge on any atom is -0.394 e. The van der Waals surface area contributed by atoms with Gasteiger partial charge in [0.1, 0.15) is 42.7 Å². The monoisotopic (exact) mass is 605 g/mol. The molecule has 4 heterocycles. The maximum atomic E-state index is 12.3. The Morgan fingerprint density at radius 1 is 1.00 bits per heavy atom. The number of hydrogen-bond acceptors (Lipinski definition) is 17. The van der Waals surface area contributed by atoms with Gasteiger partial charge in [0, 0.05) is 0 Å². The Morgan fingerprint density at radius 2 is 1.67 bits per heavy atom. The molecule has 3 unspecified atom stereocenters. The van der Waals surface area contributed by atoms with Crippen LogP contribution in [0.2, 0.25) is 0 Å². The quantitative estimate of drug-likeness (QED) is 0.120. The van der Waals surface area contributed by atoms with E-state index < -0.39 is 89.7 Å². The number of nitrogens with zero attached hydrogens (tertiary/aromatic N) is 3. The average molecular weight is 605 g/mol.